The number of carbonyl (C=O) groups is 1. The van der Waals surface area contributed by atoms with Crippen LogP contribution in [0.15, 0.2) is 28.2 Å². The summed E-state index contributed by atoms with van der Waals surface area (Å²) in [6.45, 7) is 1.82. The highest BCUT2D eigenvalue weighted by Gasteiger charge is 2.33. The zero-order valence-electron chi connectivity index (χ0n) is 8.60. The maximum Gasteiger partial charge on any atom is 0.356 e. The zero-order chi connectivity index (χ0) is 11.1. The molecule has 3 heterocycles. The van der Waals surface area contributed by atoms with Crippen molar-refractivity contribution >= 4 is 12.2 Å². The lowest BCUT2D eigenvalue weighted by atomic mass is 10.0. The number of aliphatic carboxylic acids is 1. The Balaban J connectivity index is 1.94. The van der Waals surface area contributed by atoms with Crippen molar-refractivity contribution in [3.8, 4) is 0 Å². The molecule has 16 heavy (non-hydrogen) atoms. The van der Waals surface area contributed by atoms with Crippen molar-refractivity contribution in [2.45, 2.75) is 12.5 Å². The summed E-state index contributed by atoms with van der Waals surface area (Å²) in [4.78, 5) is 14.7. The lowest BCUT2D eigenvalue weighted by molar-refractivity contribution is -0.132. The second-order valence-electron chi connectivity index (χ2n) is 4.01. The molecule has 0 spiro atoms. The van der Waals surface area contributed by atoms with Crippen LogP contribution in [0.2, 0.25) is 0 Å². The van der Waals surface area contributed by atoms with Gasteiger partial charge in [-0.15, -0.1) is 0 Å². The van der Waals surface area contributed by atoms with Crippen LogP contribution in [-0.4, -0.2) is 41.4 Å². The summed E-state index contributed by atoms with van der Waals surface area (Å²) in [6.07, 6.45) is 4.17. The topological polar surface area (TPSA) is 77.0 Å². The third-order valence-electron chi connectivity index (χ3n) is 3.03. The van der Waals surface area contributed by atoms with E-state index in [0.29, 0.717) is 6.04 Å². The number of carboxylic acids is 1. The molecule has 6 nitrogen and oxygen atoms in total. The molecule has 3 aliphatic rings. The summed E-state index contributed by atoms with van der Waals surface area (Å²) >= 11 is 0. The highest BCUT2D eigenvalue weighted by atomic mass is 16.4. The molecule has 0 radical (unpaired) electrons. The second kappa shape index (κ2) is 3.43. The van der Waals surface area contributed by atoms with Gasteiger partial charge in [0.1, 0.15) is 0 Å². The van der Waals surface area contributed by atoms with Crippen LogP contribution >= 0.6 is 0 Å². The first-order valence-electron chi connectivity index (χ1n) is 5.24. The molecule has 1 atom stereocenters. The van der Waals surface area contributed by atoms with Gasteiger partial charge in [0.05, 0.1) is 24.2 Å². The molecular weight excluding hydrogens is 208 g/mol. The van der Waals surface area contributed by atoms with Crippen molar-refractivity contribution in [2.24, 2.45) is 4.99 Å². The van der Waals surface area contributed by atoms with E-state index in [1.54, 1.807) is 11.2 Å². The number of fused-ring (bicyclic) bond motifs is 2. The first-order chi connectivity index (χ1) is 7.75. The van der Waals surface area contributed by atoms with Crippen LogP contribution in [0.5, 0.6) is 0 Å². The monoisotopic (exact) mass is 220 g/mol. The molecule has 1 saturated heterocycles. The molecule has 1 fully saturated rings. The number of hydrogen-bond donors (Lipinski definition) is 3. The van der Waals surface area contributed by atoms with Crippen molar-refractivity contribution in [2.75, 3.05) is 13.1 Å². The quantitative estimate of drug-likeness (QED) is 0.552. The Morgan fingerprint density at radius 3 is 3.31 bits per heavy atom. The number of piperidine rings is 1. The molecule has 0 aliphatic carbocycles. The van der Waals surface area contributed by atoms with E-state index < -0.39 is 5.97 Å². The minimum atomic E-state index is -1.00. The molecule has 3 aliphatic heterocycles. The number of allylic oxidation sites excluding steroid dienone is 1. The maximum atomic E-state index is 10.8. The van der Waals surface area contributed by atoms with Gasteiger partial charge in [0, 0.05) is 6.54 Å². The number of nitrogens with zero attached hydrogens (tertiary/aromatic N) is 2. The third kappa shape index (κ3) is 1.35. The van der Waals surface area contributed by atoms with Crippen molar-refractivity contribution in [1.82, 2.24) is 15.8 Å². The first-order valence-corrected chi connectivity index (χ1v) is 5.24. The molecule has 0 amide bonds. The summed E-state index contributed by atoms with van der Waals surface area (Å²) < 4.78 is 0. The van der Waals surface area contributed by atoms with Crippen LogP contribution in [0.3, 0.4) is 0 Å². The minimum Gasteiger partial charge on any atom is -0.476 e. The number of nitrogens with one attached hydrogen (secondary N) is 2. The van der Waals surface area contributed by atoms with Crippen molar-refractivity contribution in [3.05, 3.63) is 23.2 Å². The molecule has 0 aromatic rings. The number of carboxylic acid groups (broad SMARTS) is 1. The van der Waals surface area contributed by atoms with E-state index in [4.69, 9.17) is 5.11 Å². The van der Waals surface area contributed by atoms with E-state index in [-0.39, 0.29) is 5.70 Å². The van der Waals surface area contributed by atoms with Gasteiger partial charge in [-0.2, -0.15) is 0 Å². The Bertz CT molecular complexity index is 438. The van der Waals surface area contributed by atoms with Crippen LogP contribution in [-0.2, 0) is 4.79 Å². The lowest BCUT2D eigenvalue weighted by Gasteiger charge is -2.22. The van der Waals surface area contributed by atoms with Crippen LogP contribution in [0, 0.1) is 0 Å². The molecule has 0 bridgehead atoms. The molecule has 84 valence electrons. The summed E-state index contributed by atoms with van der Waals surface area (Å²) in [7, 11) is 0. The second-order valence-corrected chi connectivity index (χ2v) is 4.01. The lowest BCUT2D eigenvalue weighted by Crippen LogP contribution is -2.41. The molecule has 3 N–H and O–H groups in total. The fraction of sp³-hybridized carbons (Fsp3) is 0.400. The van der Waals surface area contributed by atoms with Gasteiger partial charge in [-0.05, 0) is 18.5 Å². The fourth-order valence-corrected chi connectivity index (χ4v) is 2.22. The summed E-state index contributed by atoms with van der Waals surface area (Å²) in [6, 6.07) is 0.312. The maximum absolute atomic E-state index is 10.8. The number of hydrazine groups is 1. The van der Waals surface area contributed by atoms with E-state index >= 15 is 0 Å². The van der Waals surface area contributed by atoms with Gasteiger partial charge >= 0.3 is 5.97 Å². The van der Waals surface area contributed by atoms with Gasteiger partial charge in [-0.1, -0.05) is 0 Å². The predicted molar refractivity (Wildman–Crippen MR) is 57.5 cm³/mol. The summed E-state index contributed by atoms with van der Waals surface area (Å²) in [5.74, 6) is -1.00. The summed E-state index contributed by atoms with van der Waals surface area (Å²) in [5, 5.41) is 13.9. The average molecular weight is 220 g/mol. The van der Waals surface area contributed by atoms with Crippen LogP contribution in [0.25, 0.3) is 0 Å². The minimum absolute atomic E-state index is 0.0588. The van der Waals surface area contributed by atoms with Crippen LogP contribution in [0.4, 0.5) is 0 Å². The van der Waals surface area contributed by atoms with E-state index in [0.717, 1.165) is 25.2 Å². The van der Waals surface area contributed by atoms with E-state index in [2.05, 4.69) is 15.7 Å². The molecule has 1 unspecified atom stereocenters. The van der Waals surface area contributed by atoms with Gasteiger partial charge in [-0.3, -0.25) is 5.01 Å². The zero-order valence-corrected chi connectivity index (χ0v) is 8.60. The first kappa shape index (κ1) is 9.56. The van der Waals surface area contributed by atoms with E-state index in [1.807, 2.05) is 0 Å². The Morgan fingerprint density at radius 2 is 2.50 bits per heavy atom. The van der Waals surface area contributed by atoms with E-state index in [9.17, 15) is 4.79 Å². The van der Waals surface area contributed by atoms with Crippen LogP contribution in [0.1, 0.15) is 6.42 Å². The average Bonchev–Trinajstić information content (AvgIpc) is 2.66. The number of aliphatic imine (C=N–C) groups is 1. The standard InChI is InChI=1S/C10H12N4O2/c15-10(16)8-5-14-9(4-12-8)6-3-11-2-1-7(6)13-14/h4-5,7,11,13H,1-3H2,(H,15,16). The van der Waals surface area contributed by atoms with Gasteiger partial charge in [0.25, 0.3) is 0 Å². The Morgan fingerprint density at radius 1 is 1.62 bits per heavy atom. The molecule has 0 aromatic heterocycles. The molecule has 0 saturated carbocycles. The van der Waals surface area contributed by atoms with Gasteiger partial charge in [0.2, 0.25) is 0 Å². The van der Waals surface area contributed by atoms with Crippen molar-refractivity contribution in [3.63, 3.8) is 0 Å². The predicted octanol–water partition coefficient (Wildman–Crippen LogP) is -0.567. The number of hydrogen-bond acceptors (Lipinski definition) is 5. The Kier molecular flexibility index (Phi) is 2.05. The third-order valence-corrected chi connectivity index (χ3v) is 3.03. The molecule has 6 heteroatoms. The SMILES string of the molecule is O=C(O)C1=CN2NC3CCNCC3=C2C=N1. The normalized spacial score (nSPS) is 27.6. The van der Waals surface area contributed by atoms with Crippen molar-refractivity contribution in [1.29, 1.82) is 0 Å². The molecule has 0 aromatic carbocycles. The Labute approximate surface area is 92.3 Å². The fourth-order valence-electron chi connectivity index (χ4n) is 2.22. The van der Waals surface area contributed by atoms with Gasteiger partial charge in [0.15, 0.2) is 5.70 Å². The highest BCUT2D eigenvalue weighted by molar-refractivity contribution is 5.93. The van der Waals surface area contributed by atoms with Gasteiger partial charge in [-0.25, -0.2) is 15.2 Å². The smallest absolute Gasteiger partial charge is 0.356 e. The van der Waals surface area contributed by atoms with Gasteiger partial charge < -0.3 is 10.4 Å². The molecular formula is C10H12N4O2. The summed E-state index contributed by atoms with van der Waals surface area (Å²) in [5.41, 5.74) is 5.56. The van der Waals surface area contributed by atoms with Crippen LogP contribution < -0.4 is 10.7 Å². The van der Waals surface area contributed by atoms with E-state index in [1.165, 1.54) is 11.8 Å². The Hall–Kier alpha value is -1.66. The largest absolute Gasteiger partial charge is 0.476 e. The highest BCUT2D eigenvalue weighted by Crippen LogP contribution is 2.26. The number of rotatable bonds is 1. The molecule has 3 rings (SSSR count). The van der Waals surface area contributed by atoms with Crippen molar-refractivity contribution < 1.29 is 9.90 Å².